The Morgan fingerprint density at radius 3 is 2.48 bits per heavy atom. The molecule has 0 aliphatic heterocycles. The van der Waals surface area contributed by atoms with E-state index in [-0.39, 0.29) is 23.4 Å². The minimum atomic E-state index is -0.901. The molecule has 0 aliphatic carbocycles. The van der Waals surface area contributed by atoms with Crippen LogP contribution in [0.25, 0.3) is 16.9 Å². The van der Waals surface area contributed by atoms with E-state index in [0.717, 1.165) is 27.7 Å². The summed E-state index contributed by atoms with van der Waals surface area (Å²) in [4.78, 5) is 28.7. The van der Waals surface area contributed by atoms with Crippen LogP contribution in [0.2, 0.25) is 0 Å². The van der Waals surface area contributed by atoms with Crippen molar-refractivity contribution in [2.75, 3.05) is 5.32 Å². The van der Waals surface area contributed by atoms with E-state index in [1.54, 1.807) is 0 Å². The molecule has 1 N–H and O–H groups in total. The number of hydrogen-bond donors (Lipinski definition) is 1. The Morgan fingerprint density at radius 2 is 1.76 bits per heavy atom. The van der Waals surface area contributed by atoms with Crippen molar-refractivity contribution in [3.8, 4) is 5.69 Å². The number of aromatic nitrogens is 5. The molecule has 0 unspecified atom stereocenters. The first-order valence-corrected chi connectivity index (χ1v) is 8.24. The fraction of sp³-hybridized carbons (Fsp3) is 0.0556. The van der Waals surface area contributed by atoms with Crippen LogP contribution in [-0.2, 0) is 11.3 Å². The van der Waals surface area contributed by atoms with Gasteiger partial charge in [-0.15, -0.1) is 5.10 Å². The van der Waals surface area contributed by atoms with Crippen molar-refractivity contribution in [3.05, 3.63) is 76.6 Å². The standard InChI is InChI=1S/C18H11F3N6O2/c19-10-1-4-12(5-2-10)23-15(28)8-26-9-22-17-16(18(26)29)24-25-27(17)14-6-3-11(20)7-13(14)21/h1-7,9H,8H2,(H,23,28). The first-order chi connectivity index (χ1) is 13.9. The monoisotopic (exact) mass is 400 g/mol. The van der Waals surface area contributed by atoms with Crippen LogP contribution in [0.4, 0.5) is 18.9 Å². The lowest BCUT2D eigenvalue weighted by atomic mass is 10.3. The smallest absolute Gasteiger partial charge is 0.284 e. The maximum Gasteiger partial charge on any atom is 0.284 e. The number of anilines is 1. The van der Waals surface area contributed by atoms with Gasteiger partial charge >= 0.3 is 0 Å². The zero-order valence-corrected chi connectivity index (χ0v) is 14.5. The summed E-state index contributed by atoms with van der Waals surface area (Å²) in [5.74, 6) is -2.66. The minimum Gasteiger partial charge on any atom is -0.325 e. The Balaban J connectivity index is 1.62. The summed E-state index contributed by atoms with van der Waals surface area (Å²) in [6, 6.07) is 7.96. The highest BCUT2D eigenvalue weighted by Gasteiger charge is 2.17. The second-order valence-corrected chi connectivity index (χ2v) is 6.00. The highest BCUT2D eigenvalue weighted by atomic mass is 19.1. The van der Waals surface area contributed by atoms with Crippen molar-refractivity contribution in [1.82, 2.24) is 24.5 Å². The molecule has 0 atom stereocenters. The highest BCUT2D eigenvalue weighted by Crippen LogP contribution is 2.16. The molecular weight excluding hydrogens is 389 g/mol. The second-order valence-electron chi connectivity index (χ2n) is 6.00. The van der Waals surface area contributed by atoms with Crippen LogP contribution in [0.3, 0.4) is 0 Å². The molecule has 0 saturated heterocycles. The number of fused-ring (bicyclic) bond motifs is 1. The summed E-state index contributed by atoms with van der Waals surface area (Å²) in [6.45, 7) is -0.378. The van der Waals surface area contributed by atoms with Crippen molar-refractivity contribution in [2.45, 2.75) is 6.54 Å². The molecule has 0 fully saturated rings. The zero-order valence-electron chi connectivity index (χ0n) is 14.5. The Hall–Kier alpha value is -4.02. The average molecular weight is 400 g/mol. The molecule has 4 aromatic rings. The number of nitrogens with one attached hydrogen (secondary N) is 1. The number of carbonyl (C=O) groups is 1. The first-order valence-electron chi connectivity index (χ1n) is 8.24. The summed E-state index contributed by atoms with van der Waals surface area (Å²) in [5.41, 5.74) is -0.677. The number of halogens is 3. The molecule has 146 valence electrons. The van der Waals surface area contributed by atoms with E-state index in [1.807, 2.05) is 0 Å². The Morgan fingerprint density at radius 1 is 1.03 bits per heavy atom. The molecule has 8 nitrogen and oxygen atoms in total. The zero-order chi connectivity index (χ0) is 20.5. The molecule has 0 bridgehead atoms. The van der Waals surface area contributed by atoms with E-state index < -0.39 is 28.9 Å². The topological polar surface area (TPSA) is 94.7 Å². The third-order valence-electron chi connectivity index (χ3n) is 4.01. The van der Waals surface area contributed by atoms with Gasteiger partial charge in [0.05, 0.1) is 0 Å². The first kappa shape index (κ1) is 18.3. The average Bonchev–Trinajstić information content (AvgIpc) is 3.10. The maximum atomic E-state index is 14.0. The number of benzene rings is 2. The van der Waals surface area contributed by atoms with Gasteiger partial charge in [0.2, 0.25) is 5.91 Å². The summed E-state index contributed by atoms with van der Waals surface area (Å²) in [6.07, 6.45) is 1.09. The van der Waals surface area contributed by atoms with E-state index >= 15 is 0 Å². The van der Waals surface area contributed by atoms with Gasteiger partial charge in [-0.25, -0.2) is 18.2 Å². The molecule has 1 amide bonds. The van der Waals surface area contributed by atoms with Crippen LogP contribution in [0, 0.1) is 17.5 Å². The van der Waals surface area contributed by atoms with Crippen LogP contribution in [0.1, 0.15) is 0 Å². The lowest BCUT2D eigenvalue weighted by Gasteiger charge is -2.07. The van der Waals surface area contributed by atoms with Crippen LogP contribution >= 0.6 is 0 Å². The quantitative estimate of drug-likeness (QED) is 0.566. The van der Waals surface area contributed by atoms with Gasteiger partial charge in [-0.2, -0.15) is 4.68 Å². The van der Waals surface area contributed by atoms with E-state index in [4.69, 9.17) is 0 Å². The van der Waals surface area contributed by atoms with Gasteiger partial charge < -0.3 is 5.32 Å². The molecule has 11 heteroatoms. The number of amides is 1. The molecule has 2 aromatic carbocycles. The van der Waals surface area contributed by atoms with E-state index in [1.165, 1.54) is 24.3 Å². The predicted octanol–water partition coefficient (Wildman–Crippen LogP) is 2.03. The van der Waals surface area contributed by atoms with Gasteiger partial charge in [0.25, 0.3) is 5.56 Å². The summed E-state index contributed by atoms with van der Waals surface area (Å²) < 4.78 is 42.0. The molecule has 0 saturated carbocycles. The molecular formula is C18H11F3N6O2. The molecule has 0 aliphatic rings. The molecule has 2 aromatic heterocycles. The van der Waals surface area contributed by atoms with Crippen LogP contribution in [0.5, 0.6) is 0 Å². The predicted molar refractivity (Wildman–Crippen MR) is 95.9 cm³/mol. The molecule has 2 heterocycles. The number of rotatable bonds is 4. The highest BCUT2D eigenvalue weighted by molar-refractivity contribution is 5.90. The summed E-state index contributed by atoms with van der Waals surface area (Å²) in [5, 5.41) is 9.93. The second kappa shape index (κ2) is 7.19. The molecule has 0 radical (unpaired) electrons. The van der Waals surface area contributed by atoms with Crippen LogP contribution in [0.15, 0.2) is 53.6 Å². The normalized spacial score (nSPS) is 11.0. The number of carbonyl (C=O) groups excluding carboxylic acids is 1. The Labute approximate surface area is 160 Å². The van der Waals surface area contributed by atoms with Gasteiger partial charge in [0.15, 0.2) is 17.0 Å². The third-order valence-corrected chi connectivity index (χ3v) is 4.01. The fourth-order valence-electron chi connectivity index (χ4n) is 2.66. The van der Waals surface area contributed by atoms with Gasteiger partial charge in [-0.3, -0.25) is 14.2 Å². The minimum absolute atomic E-state index is 0.0456. The summed E-state index contributed by atoms with van der Waals surface area (Å²) in [7, 11) is 0. The Bertz CT molecular complexity index is 1280. The van der Waals surface area contributed by atoms with Crippen molar-refractivity contribution in [1.29, 1.82) is 0 Å². The van der Waals surface area contributed by atoms with Gasteiger partial charge in [-0.05, 0) is 36.4 Å². The van der Waals surface area contributed by atoms with Crippen LogP contribution < -0.4 is 10.9 Å². The lowest BCUT2D eigenvalue weighted by molar-refractivity contribution is -0.116. The Kier molecular flexibility index (Phi) is 4.55. The van der Waals surface area contributed by atoms with Crippen molar-refractivity contribution in [3.63, 3.8) is 0 Å². The van der Waals surface area contributed by atoms with Crippen molar-refractivity contribution >= 4 is 22.8 Å². The molecule has 0 spiro atoms. The lowest BCUT2D eigenvalue weighted by Crippen LogP contribution is -2.28. The number of hydrogen-bond acceptors (Lipinski definition) is 5. The van der Waals surface area contributed by atoms with E-state index in [9.17, 15) is 22.8 Å². The van der Waals surface area contributed by atoms with Gasteiger partial charge in [0, 0.05) is 11.8 Å². The van der Waals surface area contributed by atoms with Gasteiger partial charge in [0.1, 0.15) is 30.2 Å². The van der Waals surface area contributed by atoms with E-state index in [2.05, 4.69) is 20.6 Å². The SMILES string of the molecule is O=C(Cn1cnc2c(nnn2-c2ccc(F)cc2F)c1=O)Nc1ccc(F)cc1. The van der Waals surface area contributed by atoms with E-state index in [0.29, 0.717) is 11.8 Å². The molecule has 29 heavy (non-hydrogen) atoms. The summed E-state index contributed by atoms with van der Waals surface area (Å²) >= 11 is 0. The maximum absolute atomic E-state index is 14.0. The van der Waals surface area contributed by atoms with Crippen molar-refractivity contribution in [2.24, 2.45) is 0 Å². The largest absolute Gasteiger partial charge is 0.325 e. The third kappa shape index (κ3) is 3.57. The van der Waals surface area contributed by atoms with Gasteiger partial charge in [-0.1, -0.05) is 5.21 Å². The van der Waals surface area contributed by atoms with Crippen LogP contribution in [-0.4, -0.2) is 30.5 Å². The van der Waals surface area contributed by atoms with Crippen molar-refractivity contribution < 1.29 is 18.0 Å². The fourth-order valence-corrected chi connectivity index (χ4v) is 2.66. The number of nitrogens with zero attached hydrogens (tertiary/aromatic N) is 5. The molecule has 4 rings (SSSR count).